The van der Waals surface area contributed by atoms with Crippen molar-refractivity contribution < 1.29 is 19.0 Å². The normalized spacial score (nSPS) is 35.1. The topological polar surface area (TPSA) is 44.8 Å². The van der Waals surface area contributed by atoms with Crippen LogP contribution in [0.15, 0.2) is 30.3 Å². The van der Waals surface area contributed by atoms with E-state index in [4.69, 9.17) is 22.1 Å². The molecule has 0 N–H and O–H groups in total. The first-order valence-corrected chi connectivity index (χ1v) is 6.92. The fourth-order valence-electron chi connectivity index (χ4n) is 3.03. The molecule has 104 valence electrons. The molecule has 20 heavy (non-hydrogen) atoms. The lowest BCUT2D eigenvalue weighted by molar-refractivity contribution is -0.155. The molecule has 0 spiro atoms. The van der Waals surface area contributed by atoms with Gasteiger partial charge in [-0.1, -0.05) is 37.3 Å². The lowest BCUT2D eigenvalue weighted by Crippen LogP contribution is -2.40. The van der Waals surface area contributed by atoms with Gasteiger partial charge < -0.3 is 14.2 Å². The molecular formula is C15H17BO4. The van der Waals surface area contributed by atoms with Gasteiger partial charge in [0, 0.05) is 6.00 Å². The van der Waals surface area contributed by atoms with Crippen molar-refractivity contribution in [3.8, 4) is 0 Å². The summed E-state index contributed by atoms with van der Waals surface area (Å²) in [4.78, 5) is 12.4. The van der Waals surface area contributed by atoms with Crippen LogP contribution in [0.25, 0.3) is 0 Å². The van der Waals surface area contributed by atoms with E-state index in [1.165, 1.54) is 0 Å². The molecule has 0 aromatic heterocycles. The van der Waals surface area contributed by atoms with Crippen molar-refractivity contribution >= 4 is 13.8 Å². The van der Waals surface area contributed by atoms with Gasteiger partial charge >= 0.3 is 5.97 Å². The Labute approximate surface area is 119 Å². The Morgan fingerprint density at radius 3 is 2.85 bits per heavy atom. The van der Waals surface area contributed by atoms with Gasteiger partial charge in [-0.25, -0.2) is 0 Å². The molecule has 2 saturated heterocycles. The average Bonchev–Trinajstić information content (AvgIpc) is 2.98. The summed E-state index contributed by atoms with van der Waals surface area (Å²) in [6.07, 6.45) is 0.292. The SMILES string of the molecule is [B][C@@H]1O[C@@]2(CC)CO[C@H]1C2C(=O)OCc1ccccc1. The second-order valence-electron chi connectivity index (χ2n) is 5.35. The molecule has 0 amide bonds. The van der Waals surface area contributed by atoms with E-state index in [-0.39, 0.29) is 12.6 Å². The summed E-state index contributed by atoms with van der Waals surface area (Å²) in [6.45, 7) is 2.64. The van der Waals surface area contributed by atoms with E-state index >= 15 is 0 Å². The van der Waals surface area contributed by atoms with Crippen LogP contribution in [-0.2, 0) is 25.6 Å². The molecule has 3 rings (SSSR count). The molecule has 2 bridgehead atoms. The molecule has 1 aromatic rings. The lowest BCUT2D eigenvalue weighted by atomic mass is 9.83. The Kier molecular flexibility index (Phi) is 3.56. The summed E-state index contributed by atoms with van der Waals surface area (Å²) in [5.41, 5.74) is 0.348. The minimum atomic E-state index is -0.613. The summed E-state index contributed by atoms with van der Waals surface area (Å²) >= 11 is 0. The zero-order valence-electron chi connectivity index (χ0n) is 11.5. The van der Waals surface area contributed by atoms with Crippen molar-refractivity contribution in [2.24, 2.45) is 5.92 Å². The van der Waals surface area contributed by atoms with Crippen LogP contribution < -0.4 is 0 Å². The molecule has 5 heteroatoms. The number of carbonyl (C=O) groups excluding carboxylic acids is 1. The Hall–Kier alpha value is -1.33. The van der Waals surface area contributed by atoms with Crippen molar-refractivity contribution in [3.63, 3.8) is 0 Å². The highest BCUT2D eigenvalue weighted by atomic mass is 16.6. The third kappa shape index (κ3) is 2.15. The summed E-state index contributed by atoms with van der Waals surface area (Å²) in [7, 11) is 5.86. The maximum atomic E-state index is 12.4. The van der Waals surface area contributed by atoms with Crippen LogP contribution >= 0.6 is 0 Å². The monoisotopic (exact) mass is 272 g/mol. The Morgan fingerprint density at radius 1 is 1.45 bits per heavy atom. The zero-order chi connectivity index (χ0) is 14.2. The fourth-order valence-corrected chi connectivity index (χ4v) is 3.03. The fraction of sp³-hybridized carbons (Fsp3) is 0.533. The van der Waals surface area contributed by atoms with Gasteiger partial charge in [0.25, 0.3) is 0 Å². The predicted octanol–water partition coefficient (Wildman–Crippen LogP) is 1.42. The molecule has 0 aliphatic carbocycles. The molecule has 4 atom stereocenters. The molecule has 0 saturated carbocycles. The van der Waals surface area contributed by atoms with Crippen LogP contribution in [0.2, 0.25) is 0 Å². The standard InChI is InChI=1S/C15H17BO4/c1-2-15-9-19-12(13(16)20-15)11(15)14(17)18-8-10-6-4-3-5-7-10/h3-7,11-13H,2,8-9H2,1H3/t11?,12-,13+,15-/m0/s1. The van der Waals surface area contributed by atoms with E-state index in [1.807, 2.05) is 37.3 Å². The maximum absolute atomic E-state index is 12.4. The maximum Gasteiger partial charge on any atom is 0.315 e. The van der Waals surface area contributed by atoms with Gasteiger partial charge in [-0.05, 0) is 12.0 Å². The second-order valence-corrected chi connectivity index (χ2v) is 5.35. The van der Waals surface area contributed by atoms with Crippen LogP contribution in [0.3, 0.4) is 0 Å². The van der Waals surface area contributed by atoms with Crippen LogP contribution in [0.1, 0.15) is 18.9 Å². The van der Waals surface area contributed by atoms with Crippen molar-refractivity contribution in [2.45, 2.75) is 37.7 Å². The quantitative estimate of drug-likeness (QED) is 0.614. The molecular weight excluding hydrogens is 255 g/mol. The van der Waals surface area contributed by atoms with Crippen molar-refractivity contribution in [1.29, 1.82) is 0 Å². The van der Waals surface area contributed by atoms with Gasteiger partial charge in [0.2, 0.25) is 0 Å². The molecule has 2 heterocycles. The lowest BCUT2D eigenvalue weighted by Gasteiger charge is -2.29. The van der Waals surface area contributed by atoms with Crippen LogP contribution in [0, 0.1) is 5.92 Å². The van der Waals surface area contributed by atoms with Gasteiger partial charge in [0.05, 0.1) is 12.7 Å². The van der Waals surface area contributed by atoms with Crippen LogP contribution in [0.4, 0.5) is 0 Å². The number of carbonyl (C=O) groups is 1. The van der Waals surface area contributed by atoms with Gasteiger partial charge in [0.1, 0.15) is 26.0 Å². The number of fused-ring (bicyclic) bond motifs is 2. The van der Waals surface area contributed by atoms with Crippen molar-refractivity contribution in [2.75, 3.05) is 6.61 Å². The van der Waals surface area contributed by atoms with Gasteiger partial charge in [0.15, 0.2) is 0 Å². The first-order chi connectivity index (χ1) is 9.66. The van der Waals surface area contributed by atoms with E-state index in [9.17, 15) is 4.79 Å². The van der Waals surface area contributed by atoms with Gasteiger partial charge in [-0.2, -0.15) is 0 Å². The number of hydrogen-bond donors (Lipinski definition) is 0. The minimum absolute atomic E-state index is 0.262. The van der Waals surface area contributed by atoms with E-state index in [0.29, 0.717) is 13.0 Å². The number of benzene rings is 1. The number of esters is 1. The second kappa shape index (κ2) is 5.22. The predicted molar refractivity (Wildman–Crippen MR) is 73.1 cm³/mol. The van der Waals surface area contributed by atoms with Gasteiger partial charge in [-0.3, -0.25) is 4.79 Å². The summed E-state index contributed by atoms with van der Waals surface area (Å²) in [6, 6.07) is 9.05. The molecule has 1 unspecified atom stereocenters. The van der Waals surface area contributed by atoms with E-state index in [1.54, 1.807) is 0 Å². The number of ether oxygens (including phenoxy) is 3. The molecule has 2 aliphatic rings. The zero-order valence-corrected chi connectivity index (χ0v) is 11.5. The third-order valence-electron chi connectivity index (χ3n) is 4.19. The number of rotatable bonds is 4. The molecule has 2 radical (unpaired) electrons. The molecule has 1 aromatic carbocycles. The van der Waals surface area contributed by atoms with E-state index < -0.39 is 23.6 Å². The Bertz CT molecular complexity index is 492. The molecule has 2 fully saturated rings. The largest absolute Gasteiger partial charge is 0.460 e. The summed E-state index contributed by atoms with van der Waals surface area (Å²) in [5.74, 6) is -0.711. The first-order valence-electron chi connectivity index (χ1n) is 6.92. The Balaban J connectivity index is 1.68. The smallest absolute Gasteiger partial charge is 0.315 e. The van der Waals surface area contributed by atoms with E-state index in [0.717, 1.165) is 5.56 Å². The van der Waals surface area contributed by atoms with E-state index in [2.05, 4.69) is 0 Å². The highest BCUT2D eigenvalue weighted by Crippen LogP contribution is 2.46. The first kappa shape index (κ1) is 13.6. The van der Waals surface area contributed by atoms with Gasteiger partial charge in [-0.15, -0.1) is 0 Å². The van der Waals surface area contributed by atoms with Crippen molar-refractivity contribution in [3.05, 3.63) is 35.9 Å². The number of hydrogen-bond acceptors (Lipinski definition) is 4. The van der Waals surface area contributed by atoms with Crippen LogP contribution in [-0.4, -0.2) is 38.1 Å². The summed E-state index contributed by atoms with van der Waals surface area (Å²) < 4.78 is 16.7. The minimum Gasteiger partial charge on any atom is -0.460 e. The summed E-state index contributed by atoms with van der Waals surface area (Å²) in [5, 5.41) is 0. The highest BCUT2D eigenvalue weighted by molar-refractivity contribution is 6.12. The third-order valence-corrected chi connectivity index (χ3v) is 4.19. The average molecular weight is 272 g/mol. The Morgan fingerprint density at radius 2 is 2.20 bits per heavy atom. The molecule has 2 aliphatic heterocycles. The highest BCUT2D eigenvalue weighted by Gasteiger charge is 2.62. The van der Waals surface area contributed by atoms with Crippen LogP contribution in [0.5, 0.6) is 0 Å². The molecule has 4 nitrogen and oxygen atoms in total. The van der Waals surface area contributed by atoms with Crippen molar-refractivity contribution in [1.82, 2.24) is 0 Å².